The Hall–Kier alpha value is -1.82. The minimum atomic E-state index is -3.55. The first-order valence-electron chi connectivity index (χ1n) is 5.20. The summed E-state index contributed by atoms with van der Waals surface area (Å²) in [7, 11) is -3.55. The van der Waals surface area contributed by atoms with Gasteiger partial charge in [-0.15, -0.1) is 0 Å². The van der Waals surface area contributed by atoms with Crippen molar-refractivity contribution in [3.05, 3.63) is 36.9 Å². The van der Waals surface area contributed by atoms with Crippen molar-refractivity contribution in [1.29, 1.82) is 0 Å². The summed E-state index contributed by atoms with van der Waals surface area (Å²) >= 11 is 0. The van der Waals surface area contributed by atoms with E-state index in [1.54, 1.807) is 0 Å². The molecular weight excluding hydrogens is 256 g/mol. The van der Waals surface area contributed by atoms with E-state index < -0.39 is 21.9 Å². The Labute approximate surface area is 106 Å². The lowest BCUT2D eigenvalue weighted by atomic mass is 10.3. The first-order chi connectivity index (χ1) is 8.35. The zero-order valence-corrected chi connectivity index (χ0v) is 10.7. The fourth-order valence-electron chi connectivity index (χ4n) is 1.34. The maximum Gasteiger partial charge on any atom is 0.330 e. The number of aromatic hydroxyl groups is 1. The van der Waals surface area contributed by atoms with Crippen LogP contribution in [-0.2, 0) is 19.4 Å². The summed E-state index contributed by atoms with van der Waals surface area (Å²) in [4.78, 5) is 11.0. The van der Waals surface area contributed by atoms with E-state index in [4.69, 9.17) is 9.84 Å². The van der Waals surface area contributed by atoms with Crippen LogP contribution in [0.1, 0.15) is 6.92 Å². The number of benzene rings is 1. The van der Waals surface area contributed by atoms with E-state index in [-0.39, 0.29) is 16.4 Å². The number of ether oxygens (including phenoxy) is 1. The predicted octanol–water partition coefficient (Wildman–Crippen LogP) is 1.28. The van der Waals surface area contributed by atoms with Crippen molar-refractivity contribution in [2.24, 2.45) is 0 Å². The molecule has 0 heterocycles. The molecule has 0 radical (unpaired) electrons. The summed E-state index contributed by atoms with van der Waals surface area (Å²) in [5.41, 5.74) is 0. The van der Waals surface area contributed by atoms with Crippen LogP contribution in [0.4, 0.5) is 0 Å². The van der Waals surface area contributed by atoms with Crippen LogP contribution >= 0.6 is 0 Å². The third kappa shape index (κ3) is 3.89. The molecule has 0 aliphatic heterocycles. The quantitative estimate of drug-likeness (QED) is 0.644. The Morgan fingerprint density at radius 3 is 2.50 bits per heavy atom. The first-order valence-corrected chi connectivity index (χ1v) is 6.85. The normalized spacial score (nSPS) is 12.7. The molecule has 0 fully saturated rings. The van der Waals surface area contributed by atoms with E-state index in [0.717, 1.165) is 6.08 Å². The minimum Gasteiger partial charge on any atom is -0.508 e. The number of hydrogen-bond donors (Lipinski definition) is 1. The Morgan fingerprint density at radius 1 is 1.44 bits per heavy atom. The van der Waals surface area contributed by atoms with Gasteiger partial charge in [0.15, 0.2) is 9.84 Å². The van der Waals surface area contributed by atoms with Gasteiger partial charge in [0.05, 0.1) is 10.6 Å². The molecule has 5 nitrogen and oxygen atoms in total. The Balaban J connectivity index is 2.79. The summed E-state index contributed by atoms with van der Waals surface area (Å²) in [5.74, 6) is -0.999. The molecule has 98 valence electrons. The molecule has 0 aliphatic rings. The second kappa shape index (κ2) is 5.68. The molecule has 6 heteroatoms. The molecule has 0 aromatic heterocycles. The van der Waals surface area contributed by atoms with Gasteiger partial charge in [0.1, 0.15) is 11.9 Å². The number of carbonyl (C=O) groups excluding carboxylic acids is 1. The fourth-order valence-corrected chi connectivity index (χ4v) is 2.77. The molecule has 18 heavy (non-hydrogen) atoms. The molecule has 0 bridgehead atoms. The Morgan fingerprint density at radius 2 is 2.00 bits per heavy atom. The van der Waals surface area contributed by atoms with E-state index >= 15 is 0 Å². The van der Waals surface area contributed by atoms with Gasteiger partial charge in [-0.25, -0.2) is 13.2 Å². The average Bonchev–Trinajstić information content (AvgIpc) is 2.28. The molecule has 0 amide bonds. The van der Waals surface area contributed by atoms with Gasteiger partial charge in [0.2, 0.25) is 0 Å². The highest BCUT2D eigenvalue weighted by Gasteiger charge is 2.20. The summed E-state index contributed by atoms with van der Waals surface area (Å²) in [6.07, 6.45) is 0.207. The highest BCUT2D eigenvalue weighted by Crippen LogP contribution is 2.17. The number of carbonyl (C=O) groups is 1. The van der Waals surface area contributed by atoms with Crippen molar-refractivity contribution in [3.8, 4) is 5.75 Å². The summed E-state index contributed by atoms with van der Waals surface area (Å²) < 4.78 is 28.6. The van der Waals surface area contributed by atoms with Crippen molar-refractivity contribution in [1.82, 2.24) is 0 Å². The highest BCUT2D eigenvalue weighted by atomic mass is 32.2. The second-order valence-electron chi connectivity index (χ2n) is 3.73. The molecule has 0 saturated heterocycles. The topological polar surface area (TPSA) is 80.7 Å². The second-order valence-corrected chi connectivity index (χ2v) is 5.76. The minimum absolute atomic E-state index is 0.0138. The SMILES string of the molecule is C=CC(=O)OC(C)CS(=O)(=O)c1ccc(O)cc1. The van der Waals surface area contributed by atoms with Gasteiger partial charge in [-0.05, 0) is 31.2 Å². The summed E-state index contributed by atoms with van der Waals surface area (Å²) in [6.45, 7) is 4.71. The maximum absolute atomic E-state index is 11.9. The molecule has 1 N–H and O–H groups in total. The lowest BCUT2D eigenvalue weighted by Crippen LogP contribution is -2.23. The van der Waals surface area contributed by atoms with Crippen LogP contribution in [0.2, 0.25) is 0 Å². The molecule has 0 aliphatic carbocycles. The number of hydrogen-bond acceptors (Lipinski definition) is 5. The Kier molecular flexibility index (Phi) is 4.49. The predicted molar refractivity (Wildman–Crippen MR) is 65.9 cm³/mol. The van der Waals surface area contributed by atoms with Gasteiger partial charge < -0.3 is 9.84 Å². The molecule has 1 rings (SSSR count). The first kappa shape index (κ1) is 14.2. The fraction of sp³-hybridized carbons (Fsp3) is 0.250. The van der Waals surface area contributed by atoms with Crippen molar-refractivity contribution in [2.45, 2.75) is 17.9 Å². The molecule has 0 saturated carbocycles. The van der Waals surface area contributed by atoms with Crippen molar-refractivity contribution in [2.75, 3.05) is 5.75 Å². The molecule has 1 aromatic carbocycles. The van der Waals surface area contributed by atoms with Gasteiger partial charge in [0, 0.05) is 6.08 Å². The van der Waals surface area contributed by atoms with Crippen molar-refractivity contribution < 1.29 is 23.1 Å². The van der Waals surface area contributed by atoms with Crippen LogP contribution in [0.5, 0.6) is 5.75 Å². The van der Waals surface area contributed by atoms with E-state index in [2.05, 4.69) is 6.58 Å². The lowest BCUT2D eigenvalue weighted by Gasteiger charge is -2.12. The standard InChI is InChI=1S/C12H14O5S/c1-3-12(14)17-9(2)8-18(15,16)11-6-4-10(13)5-7-11/h3-7,9,13H,1,8H2,2H3. The third-order valence-electron chi connectivity index (χ3n) is 2.13. The highest BCUT2D eigenvalue weighted by molar-refractivity contribution is 7.91. The van der Waals surface area contributed by atoms with Crippen LogP contribution in [0, 0.1) is 0 Å². The van der Waals surface area contributed by atoms with E-state index in [1.807, 2.05) is 0 Å². The van der Waals surface area contributed by atoms with Crippen LogP contribution in [0.25, 0.3) is 0 Å². The van der Waals surface area contributed by atoms with Crippen LogP contribution in [0.15, 0.2) is 41.8 Å². The van der Waals surface area contributed by atoms with Crippen LogP contribution < -0.4 is 0 Å². The average molecular weight is 270 g/mol. The van der Waals surface area contributed by atoms with E-state index in [1.165, 1.54) is 31.2 Å². The van der Waals surface area contributed by atoms with Crippen LogP contribution in [0.3, 0.4) is 0 Å². The van der Waals surface area contributed by atoms with Crippen LogP contribution in [-0.4, -0.2) is 31.4 Å². The largest absolute Gasteiger partial charge is 0.508 e. The summed E-state index contributed by atoms with van der Waals surface area (Å²) in [6, 6.07) is 5.17. The maximum atomic E-state index is 11.9. The molecule has 1 atom stereocenters. The molecular formula is C12H14O5S. The monoisotopic (exact) mass is 270 g/mol. The lowest BCUT2D eigenvalue weighted by molar-refractivity contribution is -0.141. The van der Waals surface area contributed by atoms with E-state index in [0.29, 0.717) is 0 Å². The number of sulfone groups is 1. The number of phenols is 1. The number of rotatable bonds is 5. The zero-order chi connectivity index (χ0) is 13.8. The van der Waals surface area contributed by atoms with Gasteiger partial charge >= 0.3 is 5.97 Å². The summed E-state index contributed by atoms with van der Waals surface area (Å²) in [5, 5.41) is 9.08. The number of esters is 1. The Bertz CT molecular complexity index is 530. The van der Waals surface area contributed by atoms with E-state index in [9.17, 15) is 13.2 Å². The molecule has 0 spiro atoms. The van der Waals surface area contributed by atoms with Gasteiger partial charge in [-0.1, -0.05) is 6.58 Å². The van der Waals surface area contributed by atoms with Gasteiger partial charge in [-0.2, -0.15) is 0 Å². The molecule has 1 unspecified atom stereocenters. The zero-order valence-electron chi connectivity index (χ0n) is 9.87. The third-order valence-corrected chi connectivity index (χ3v) is 4.03. The smallest absolute Gasteiger partial charge is 0.330 e. The number of phenolic OH excluding ortho intramolecular Hbond substituents is 1. The molecule has 1 aromatic rings. The van der Waals surface area contributed by atoms with Gasteiger partial charge in [0.25, 0.3) is 0 Å². The van der Waals surface area contributed by atoms with Crippen molar-refractivity contribution >= 4 is 15.8 Å². The van der Waals surface area contributed by atoms with Gasteiger partial charge in [-0.3, -0.25) is 0 Å². The van der Waals surface area contributed by atoms with Crippen molar-refractivity contribution in [3.63, 3.8) is 0 Å².